The van der Waals surface area contributed by atoms with Gasteiger partial charge in [0, 0.05) is 12.8 Å². The predicted octanol–water partition coefficient (Wildman–Crippen LogP) is 4.30. The molecule has 0 fully saturated rings. The van der Waals surface area contributed by atoms with Crippen molar-refractivity contribution in [3.63, 3.8) is 0 Å². The van der Waals surface area contributed by atoms with Gasteiger partial charge in [0.1, 0.15) is 12.4 Å². The number of unbranched alkanes of at least 4 members (excludes halogenated alkanes) is 9. The summed E-state index contributed by atoms with van der Waals surface area (Å²) in [4.78, 5) is 10.9. The zero-order valence-electron chi connectivity index (χ0n) is 14.3. The van der Waals surface area contributed by atoms with E-state index in [2.05, 4.69) is 12.0 Å². The van der Waals surface area contributed by atoms with Crippen molar-refractivity contribution in [3.8, 4) is 0 Å². The molecule has 0 atom stereocenters. The van der Waals surface area contributed by atoms with Crippen molar-refractivity contribution in [1.82, 2.24) is 9.78 Å². The van der Waals surface area contributed by atoms with E-state index in [0.717, 1.165) is 13.0 Å². The summed E-state index contributed by atoms with van der Waals surface area (Å²) in [6.45, 7) is 3.37. The SMILES string of the molecule is CCCCCCCCCCCCOCn1ccc(C(N)=O)n1.Cl. The number of nitrogens with zero attached hydrogens (tertiary/aromatic N) is 2. The van der Waals surface area contributed by atoms with Crippen LogP contribution in [0.4, 0.5) is 0 Å². The fourth-order valence-corrected chi connectivity index (χ4v) is 2.41. The number of carbonyl (C=O) groups excluding carboxylic acids is 1. The molecule has 6 heteroatoms. The Kier molecular flexibility index (Phi) is 13.8. The molecule has 0 aromatic carbocycles. The minimum atomic E-state index is -0.506. The van der Waals surface area contributed by atoms with Crippen LogP contribution in [0.1, 0.15) is 81.6 Å². The average molecular weight is 346 g/mol. The Balaban J connectivity index is 0.00000484. The standard InChI is InChI=1S/C17H31N3O2.ClH/c1-2-3-4-5-6-7-8-9-10-11-14-22-15-20-13-12-16(19-20)17(18)21;/h12-13H,2-11,14-15H2,1H3,(H2,18,21);1H. The number of ether oxygens (including phenoxy) is 1. The maximum Gasteiger partial charge on any atom is 0.269 e. The molecule has 1 aromatic heterocycles. The number of nitrogens with two attached hydrogens (primary N) is 1. The van der Waals surface area contributed by atoms with Crippen molar-refractivity contribution >= 4 is 18.3 Å². The predicted molar refractivity (Wildman–Crippen MR) is 95.8 cm³/mol. The summed E-state index contributed by atoms with van der Waals surface area (Å²) >= 11 is 0. The Morgan fingerprint density at radius 2 is 1.65 bits per heavy atom. The van der Waals surface area contributed by atoms with Crippen molar-refractivity contribution in [2.24, 2.45) is 5.73 Å². The van der Waals surface area contributed by atoms with Crippen LogP contribution >= 0.6 is 12.4 Å². The van der Waals surface area contributed by atoms with Gasteiger partial charge in [-0.2, -0.15) is 5.10 Å². The molecule has 2 N–H and O–H groups in total. The molecule has 0 aliphatic rings. The molecule has 0 aliphatic heterocycles. The highest BCUT2D eigenvalue weighted by atomic mass is 35.5. The van der Waals surface area contributed by atoms with Crippen molar-refractivity contribution in [3.05, 3.63) is 18.0 Å². The molecule has 0 unspecified atom stereocenters. The third-order valence-electron chi connectivity index (χ3n) is 3.76. The van der Waals surface area contributed by atoms with Gasteiger partial charge < -0.3 is 10.5 Å². The minimum Gasteiger partial charge on any atom is -0.364 e. The van der Waals surface area contributed by atoms with E-state index in [-0.39, 0.29) is 18.1 Å². The van der Waals surface area contributed by atoms with E-state index in [1.54, 1.807) is 16.9 Å². The Morgan fingerprint density at radius 3 is 2.17 bits per heavy atom. The Labute approximate surface area is 146 Å². The minimum absolute atomic E-state index is 0. The number of carbonyl (C=O) groups is 1. The highest BCUT2D eigenvalue weighted by Gasteiger charge is 2.03. The van der Waals surface area contributed by atoms with Crippen LogP contribution in [0.15, 0.2) is 12.3 Å². The number of amides is 1. The van der Waals surface area contributed by atoms with Gasteiger partial charge in [-0.3, -0.25) is 4.79 Å². The fourth-order valence-electron chi connectivity index (χ4n) is 2.41. The number of hydrogen-bond acceptors (Lipinski definition) is 3. The summed E-state index contributed by atoms with van der Waals surface area (Å²) in [5.41, 5.74) is 5.42. The highest BCUT2D eigenvalue weighted by molar-refractivity contribution is 5.90. The van der Waals surface area contributed by atoms with Crippen LogP contribution < -0.4 is 5.73 Å². The summed E-state index contributed by atoms with van der Waals surface area (Å²) in [5, 5.41) is 4.02. The third-order valence-corrected chi connectivity index (χ3v) is 3.76. The van der Waals surface area contributed by atoms with E-state index in [9.17, 15) is 4.79 Å². The number of halogens is 1. The zero-order chi connectivity index (χ0) is 16.0. The first-order valence-electron chi connectivity index (χ1n) is 8.65. The smallest absolute Gasteiger partial charge is 0.269 e. The molecular formula is C17H32ClN3O2. The Hall–Kier alpha value is -1.07. The van der Waals surface area contributed by atoms with Gasteiger partial charge in [0.2, 0.25) is 0 Å². The molecule has 1 rings (SSSR count). The lowest BCUT2D eigenvalue weighted by Gasteiger charge is -2.05. The number of primary amides is 1. The molecule has 0 radical (unpaired) electrons. The van der Waals surface area contributed by atoms with Crippen molar-refractivity contribution in [1.29, 1.82) is 0 Å². The second-order valence-corrected chi connectivity index (χ2v) is 5.82. The van der Waals surface area contributed by atoms with E-state index in [0.29, 0.717) is 6.73 Å². The maximum absolute atomic E-state index is 10.9. The van der Waals surface area contributed by atoms with E-state index >= 15 is 0 Å². The van der Waals surface area contributed by atoms with Gasteiger partial charge in [-0.15, -0.1) is 12.4 Å². The van der Waals surface area contributed by atoms with Crippen LogP contribution in [0.3, 0.4) is 0 Å². The van der Waals surface area contributed by atoms with Crippen LogP contribution in [0.5, 0.6) is 0 Å². The van der Waals surface area contributed by atoms with Crippen LogP contribution in [0, 0.1) is 0 Å². The van der Waals surface area contributed by atoms with Crippen LogP contribution in [0.2, 0.25) is 0 Å². The molecule has 5 nitrogen and oxygen atoms in total. The van der Waals surface area contributed by atoms with Crippen molar-refractivity contribution in [2.75, 3.05) is 6.61 Å². The molecular weight excluding hydrogens is 314 g/mol. The van der Waals surface area contributed by atoms with Gasteiger partial charge in [-0.25, -0.2) is 4.68 Å². The molecule has 0 saturated heterocycles. The van der Waals surface area contributed by atoms with Gasteiger partial charge in [0.05, 0.1) is 0 Å². The molecule has 1 aromatic rings. The van der Waals surface area contributed by atoms with Gasteiger partial charge in [-0.1, -0.05) is 64.7 Å². The van der Waals surface area contributed by atoms with E-state index in [4.69, 9.17) is 10.5 Å². The average Bonchev–Trinajstić information content (AvgIpc) is 2.97. The summed E-state index contributed by atoms with van der Waals surface area (Å²) < 4.78 is 7.13. The lowest BCUT2D eigenvalue weighted by Crippen LogP contribution is -2.13. The molecule has 0 aliphatic carbocycles. The quantitative estimate of drug-likeness (QED) is 0.511. The Bertz CT molecular complexity index is 410. The highest BCUT2D eigenvalue weighted by Crippen LogP contribution is 2.10. The zero-order valence-corrected chi connectivity index (χ0v) is 15.2. The summed E-state index contributed by atoms with van der Waals surface area (Å²) in [5.74, 6) is -0.506. The van der Waals surface area contributed by atoms with Crippen LogP contribution in [-0.4, -0.2) is 22.3 Å². The monoisotopic (exact) mass is 345 g/mol. The summed E-state index contributed by atoms with van der Waals surface area (Å²) in [7, 11) is 0. The van der Waals surface area contributed by atoms with Gasteiger partial charge in [0.15, 0.2) is 0 Å². The molecule has 1 amide bonds. The second-order valence-electron chi connectivity index (χ2n) is 5.82. The molecule has 1 heterocycles. The van der Waals surface area contributed by atoms with Gasteiger partial charge >= 0.3 is 0 Å². The van der Waals surface area contributed by atoms with Gasteiger partial charge in [0.25, 0.3) is 5.91 Å². The number of hydrogen-bond donors (Lipinski definition) is 1. The Morgan fingerprint density at radius 1 is 1.09 bits per heavy atom. The van der Waals surface area contributed by atoms with E-state index < -0.39 is 5.91 Å². The third kappa shape index (κ3) is 11.2. The summed E-state index contributed by atoms with van der Waals surface area (Å²) in [6, 6.07) is 1.60. The normalized spacial score (nSPS) is 10.5. The molecule has 0 spiro atoms. The largest absolute Gasteiger partial charge is 0.364 e. The number of rotatable bonds is 14. The van der Waals surface area contributed by atoms with Gasteiger partial charge in [-0.05, 0) is 12.5 Å². The first-order chi connectivity index (χ1) is 10.7. The van der Waals surface area contributed by atoms with E-state index in [1.807, 2.05) is 0 Å². The first kappa shape index (κ1) is 21.9. The number of aromatic nitrogens is 2. The lowest BCUT2D eigenvalue weighted by molar-refractivity contribution is 0.0654. The van der Waals surface area contributed by atoms with Crippen LogP contribution in [-0.2, 0) is 11.5 Å². The first-order valence-corrected chi connectivity index (χ1v) is 8.65. The van der Waals surface area contributed by atoms with Crippen molar-refractivity contribution < 1.29 is 9.53 Å². The molecule has 23 heavy (non-hydrogen) atoms. The molecule has 0 bridgehead atoms. The lowest BCUT2D eigenvalue weighted by atomic mass is 10.1. The second kappa shape index (κ2) is 14.5. The van der Waals surface area contributed by atoms with Crippen molar-refractivity contribution in [2.45, 2.75) is 77.9 Å². The molecule has 134 valence electrons. The van der Waals surface area contributed by atoms with Crippen LogP contribution in [0.25, 0.3) is 0 Å². The topological polar surface area (TPSA) is 70.1 Å². The maximum atomic E-state index is 10.9. The molecule has 0 saturated carbocycles. The fraction of sp³-hybridized carbons (Fsp3) is 0.765. The summed E-state index contributed by atoms with van der Waals surface area (Å²) in [6.07, 6.45) is 14.9. The van der Waals surface area contributed by atoms with E-state index in [1.165, 1.54) is 57.8 Å².